The highest BCUT2D eigenvalue weighted by molar-refractivity contribution is 7.15. The summed E-state index contributed by atoms with van der Waals surface area (Å²) in [4.78, 5) is 31.8. The van der Waals surface area contributed by atoms with Crippen LogP contribution in [0.2, 0.25) is 10.0 Å². The molecule has 3 aromatic rings. The number of thiazole rings is 1. The Balaban J connectivity index is 1.41. The maximum atomic E-state index is 12.6. The molecule has 7 nitrogen and oxygen atoms in total. The van der Waals surface area contributed by atoms with Crippen LogP contribution in [-0.4, -0.2) is 28.4 Å². The van der Waals surface area contributed by atoms with Gasteiger partial charge in [0, 0.05) is 23.5 Å². The van der Waals surface area contributed by atoms with Gasteiger partial charge in [-0.25, -0.2) is 9.78 Å². The van der Waals surface area contributed by atoms with Gasteiger partial charge in [-0.3, -0.25) is 10.1 Å². The standard InChI is InChI=1S/C18H14Cl2N4O3S/c19-12-2-1-11(7-13(12)20)21-18(26)24-5-3-14-15(8-24)28-17(22-14)23-16(25)10-4-6-27-9-10/h1-2,4,6-7,9H,3,5,8H2,(H,21,26)(H,22,23,25). The third kappa shape index (κ3) is 3.99. The number of halogens is 2. The van der Waals surface area contributed by atoms with Crippen molar-refractivity contribution in [3.05, 3.63) is 63.0 Å². The summed E-state index contributed by atoms with van der Waals surface area (Å²) in [6.07, 6.45) is 3.42. The fourth-order valence-corrected chi connectivity index (χ4v) is 4.08. The summed E-state index contributed by atoms with van der Waals surface area (Å²) in [6, 6.07) is 6.27. The topological polar surface area (TPSA) is 87.5 Å². The van der Waals surface area contributed by atoms with Crippen LogP contribution in [0.3, 0.4) is 0 Å². The van der Waals surface area contributed by atoms with E-state index in [4.69, 9.17) is 27.6 Å². The predicted molar refractivity (Wildman–Crippen MR) is 108 cm³/mol. The van der Waals surface area contributed by atoms with E-state index in [-0.39, 0.29) is 11.9 Å². The molecule has 4 rings (SSSR count). The van der Waals surface area contributed by atoms with E-state index in [0.29, 0.717) is 45.9 Å². The first-order valence-corrected chi connectivity index (χ1v) is 9.90. The number of carbonyl (C=O) groups is 2. The van der Waals surface area contributed by atoms with E-state index in [0.717, 1.165) is 10.6 Å². The minimum absolute atomic E-state index is 0.235. The molecule has 1 aliphatic rings. The summed E-state index contributed by atoms with van der Waals surface area (Å²) in [5.41, 5.74) is 1.89. The maximum Gasteiger partial charge on any atom is 0.322 e. The van der Waals surface area contributed by atoms with Gasteiger partial charge in [0.25, 0.3) is 5.91 Å². The Morgan fingerprint density at radius 3 is 2.79 bits per heavy atom. The molecule has 3 amide bonds. The number of benzene rings is 1. The Labute approximate surface area is 174 Å². The number of fused-ring (bicyclic) bond motifs is 1. The van der Waals surface area contributed by atoms with Gasteiger partial charge in [0.05, 0.1) is 34.1 Å². The number of aromatic nitrogens is 1. The van der Waals surface area contributed by atoms with E-state index in [1.54, 1.807) is 29.2 Å². The number of furan rings is 1. The van der Waals surface area contributed by atoms with Gasteiger partial charge < -0.3 is 14.6 Å². The zero-order valence-electron chi connectivity index (χ0n) is 14.4. The van der Waals surface area contributed by atoms with Gasteiger partial charge in [-0.05, 0) is 24.3 Å². The van der Waals surface area contributed by atoms with Crippen molar-refractivity contribution in [3.63, 3.8) is 0 Å². The molecule has 0 saturated carbocycles. The van der Waals surface area contributed by atoms with Gasteiger partial charge >= 0.3 is 6.03 Å². The van der Waals surface area contributed by atoms with Gasteiger partial charge in [0.15, 0.2) is 5.13 Å². The van der Waals surface area contributed by atoms with E-state index in [1.165, 1.54) is 23.9 Å². The zero-order valence-corrected chi connectivity index (χ0v) is 16.7. The summed E-state index contributed by atoms with van der Waals surface area (Å²) in [5.74, 6) is -0.283. The second-order valence-corrected chi connectivity index (χ2v) is 7.98. The Morgan fingerprint density at radius 2 is 2.04 bits per heavy atom. The van der Waals surface area contributed by atoms with Crippen molar-refractivity contribution < 1.29 is 14.0 Å². The predicted octanol–water partition coefficient (Wildman–Crippen LogP) is 4.89. The first kappa shape index (κ1) is 18.8. The number of hydrogen-bond acceptors (Lipinski definition) is 5. The number of anilines is 2. The molecule has 3 heterocycles. The molecule has 0 atom stereocenters. The van der Waals surface area contributed by atoms with E-state index >= 15 is 0 Å². The molecule has 1 aromatic carbocycles. The Hall–Kier alpha value is -2.55. The molecule has 0 spiro atoms. The molecule has 0 fully saturated rings. The lowest BCUT2D eigenvalue weighted by Crippen LogP contribution is -2.38. The first-order valence-electron chi connectivity index (χ1n) is 8.32. The molecule has 0 saturated heterocycles. The monoisotopic (exact) mass is 436 g/mol. The maximum absolute atomic E-state index is 12.6. The van der Waals surface area contributed by atoms with Crippen molar-refractivity contribution in [2.75, 3.05) is 17.2 Å². The van der Waals surface area contributed by atoms with Crippen LogP contribution >= 0.6 is 34.5 Å². The molecule has 144 valence electrons. The molecular weight excluding hydrogens is 423 g/mol. The number of hydrogen-bond donors (Lipinski definition) is 2. The van der Waals surface area contributed by atoms with Crippen LogP contribution in [0.4, 0.5) is 15.6 Å². The van der Waals surface area contributed by atoms with Crippen LogP contribution in [0.25, 0.3) is 0 Å². The average molecular weight is 437 g/mol. The SMILES string of the molecule is O=C(Nc1nc2c(s1)CN(C(=O)Nc1ccc(Cl)c(Cl)c1)CC2)c1ccoc1. The van der Waals surface area contributed by atoms with E-state index < -0.39 is 0 Å². The second-order valence-electron chi connectivity index (χ2n) is 6.09. The van der Waals surface area contributed by atoms with Gasteiger partial charge in [0.1, 0.15) is 6.26 Å². The lowest BCUT2D eigenvalue weighted by Gasteiger charge is -2.26. The lowest BCUT2D eigenvalue weighted by atomic mass is 10.2. The molecule has 0 bridgehead atoms. The normalized spacial score (nSPS) is 13.1. The van der Waals surface area contributed by atoms with E-state index in [1.807, 2.05) is 0 Å². The minimum atomic E-state index is -0.283. The van der Waals surface area contributed by atoms with Crippen molar-refractivity contribution in [3.8, 4) is 0 Å². The zero-order chi connectivity index (χ0) is 19.7. The van der Waals surface area contributed by atoms with Gasteiger partial charge in [-0.15, -0.1) is 0 Å². The smallest absolute Gasteiger partial charge is 0.322 e. The van der Waals surface area contributed by atoms with Gasteiger partial charge in [-0.1, -0.05) is 34.5 Å². The van der Waals surface area contributed by atoms with Gasteiger partial charge in [-0.2, -0.15) is 0 Å². The molecule has 1 aliphatic heterocycles. The molecule has 10 heteroatoms. The number of urea groups is 1. The summed E-state index contributed by atoms with van der Waals surface area (Å²) >= 11 is 13.2. The van der Waals surface area contributed by atoms with Crippen molar-refractivity contribution >= 4 is 57.3 Å². The third-order valence-corrected chi connectivity index (χ3v) is 5.93. The van der Waals surface area contributed by atoms with Crippen LogP contribution in [0.15, 0.2) is 41.2 Å². The fraction of sp³-hybridized carbons (Fsp3) is 0.167. The molecule has 0 radical (unpaired) electrons. The van der Waals surface area contributed by atoms with Crippen molar-refractivity contribution in [1.82, 2.24) is 9.88 Å². The quantitative estimate of drug-likeness (QED) is 0.611. The molecule has 2 aromatic heterocycles. The van der Waals surface area contributed by atoms with Crippen molar-refractivity contribution in [1.29, 1.82) is 0 Å². The van der Waals surface area contributed by atoms with Crippen LogP contribution in [-0.2, 0) is 13.0 Å². The van der Waals surface area contributed by atoms with Crippen molar-refractivity contribution in [2.45, 2.75) is 13.0 Å². The van der Waals surface area contributed by atoms with E-state index in [9.17, 15) is 9.59 Å². The van der Waals surface area contributed by atoms with E-state index in [2.05, 4.69) is 15.6 Å². The Bertz CT molecular complexity index is 1040. The largest absolute Gasteiger partial charge is 0.472 e. The highest BCUT2D eigenvalue weighted by Gasteiger charge is 2.25. The number of carbonyl (C=O) groups excluding carboxylic acids is 2. The molecule has 0 aliphatic carbocycles. The lowest BCUT2D eigenvalue weighted by molar-refractivity contribution is 0.102. The van der Waals surface area contributed by atoms with Crippen LogP contribution in [0.5, 0.6) is 0 Å². The minimum Gasteiger partial charge on any atom is -0.472 e. The number of rotatable bonds is 3. The Morgan fingerprint density at radius 1 is 1.18 bits per heavy atom. The molecular formula is C18H14Cl2N4O3S. The highest BCUT2D eigenvalue weighted by atomic mass is 35.5. The third-order valence-electron chi connectivity index (χ3n) is 4.19. The van der Waals surface area contributed by atoms with Crippen molar-refractivity contribution in [2.24, 2.45) is 0 Å². The summed E-state index contributed by atoms with van der Waals surface area (Å²) < 4.78 is 4.91. The average Bonchev–Trinajstić information content (AvgIpc) is 3.33. The van der Waals surface area contributed by atoms with Crippen LogP contribution in [0.1, 0.15) is 20.9 Å². The number of nitrogens with one attached hydrogen (secondary N) is 2. The van der Waals surface area contributed by atoms with Gasteiger partial charge in [0.2, 0.25) is 0 Å². The molecule has 28 heavy (non-hydrogen) atoms. The Kier molecular flexibility index (Phi) is 5.25. The summed E-state index contributed by atoms with van der Waals surface area (Å²) in [5, 5.41) is 6.88. The molecule has 2 N–H and O–H groups in total. The number of amides is 3. The highest BCUT2D eigenvalue weighted by Crippen LogP contribution is 2.30. The second kappa shape index (κ2) is 7.83. The first-order chi connectivity index (χ1) is 13.5. The number of nitrogens with zero attached hydrogens (tertiary/aromatic N) is 2. The fourth-order valence-electron chi connectivity index (χ4n) is 2.76. The van der Waals surface area contributed by atoms with Crippen LogP contribution in [0, 0.1) is 0 Å². The molecule has 0 unspecified atom stereocenters. The summed E-state index contributed by atoms with van der Waals surface area (Å²) in [6.45, 7) is 0.945. The summed E-state index contributed by atoms with van der Waals surface area (Å²) in [7, 11) is 0. The van der Waals surface area contributed by atoms with Crippen LogP contribution < -0.4 is 10.6 Å².